The molecule has 0 spiro atoms. The zero-order chi connectivity index (χ0) is 34.0. The van der Waals surface area contributed by atoms with Crippen LogP contribution in [0.15, 0.2) is 52.4 Å². The summed E-state index contributed by atoms with van der Waals surface area (Å²) >= 11 is 9.34. The molecule has 3 heterocycles. The summed E-state index contributed by atoms with van der Waals surface area (Å²) in [5.74, 6) is -0.250. The fraction of sp³-hybridized carbons (Fsp3) is 0.382. The highest BCUT2D eigenvalue weighted by Gasteiger charge is 2.35. The zero-order valence-corrected chi connectivity index (χ0v) is 29.8. The third kappa shape index (κ3) is 7.56. The molecule has 1 aromatic heterocycles. The molecule has 0 aliphatic carbocycles. The topological polar surface area (TPSA) is 148 Å². The van der Waals surface area contributed by atoms with Crippen LogP contribution in [0.5, 0.6) is 0 Å². The van der Waals surface area contributed by atoms with Gasteiger partial charge in [0.25, 0.3) is 5.91 Å². The maximum Gasteiger partial charge on any atom is 0.257 e. The number of anilines is 2. The second-order valence-electron chi connectivity index (χ2n) is 11.9. The largest absolute Gasteiger partial charge is 0.383 e. The smallest absolute Gasteiger partial charge is 0.257 e. The van der Waals surface area contributed by atoms with Gasteiger partial charge in [0.15, 0.2) is 5.17 Å². The zero-order valence-electron chi connectivity index (χ0n) is 27.4. The molecule has 4 atom stereocenters. The number of rotatable bonds is 9. The first-order valence-electron chi connectivity index (χ1n) is 15.6. The van der Waals surface area contributed by atoms with Gasteiger partial charge in [0, 0.05) is 50.6 Å². The molecule has 0 saturated heterocycles. The van der Waals surface area contributed by atoms with Crippen LogP contribution in [0.3, 0.4) is 0 Å². The summed E-state index contributed by atoms with van der Waals surface area (Å²) in [5, 5.41) is 20.8. The SMILES string of the molecule is Cc1sc2c(c1C)C(c1ccc(Cl)cc1)=N[C@@H](CC(=O)NCCNc1cccc(C(=O)NC3=NC(C)C(C)S3)c1C)C(=N)N2C(C)N. The van der Waals surface area contributed by atoms with Crippen molar-refractivity contribution in [2.45, 2.75) is 71.5 Å². The Balaban J connectivity index is 1.26. The van der Waals surface area contributed by atoms with E-state index < -0.39 is 12.2 Å². The van der Waals surface area contributed by atoms with E-state index in [1.165, 1.54) is 0 Å². The molecule has 47 heavy (non-hydrogen) atoms. The van der Waals surface area contributed by atoms with Crippen LogP contribution in [0.25, 0.3) is 0 Å². The number of nitrogens with one attached hydrogen (secondary N) is 4. The molecular formula is C34H41ClN8O2S2. The van der Waals surface area contributed by atoms with Gasteiger partial charge in [0.05, 0.1) is 24.3 Å². The van der Waals surface area contributed by atoms with Gasteiger partial charge in [-0.3, -0.25) is 25.0 Å². The predicted octanol–water partition coefficient (Wildman–Crippen LogP) is 5.86. The van der Waals surface area contributed by atoms with Crippen LogP contribution in [-0.4, -0.2) is 65.1 Å². The highest BCUT2D eigenvalue weighted by atomic mass is 35.5. The first-order valence-corrected chi connectivity index (χ1v) is 17.7. The van der Waals surface area contributed by atoms with Crippen LogP contribution in [0.1, 0.15) is 64.7 Å². The van der Waals surface area contributed by atoms with Crippen LogP contribution in [0.2, 0.25) is 5.02 Å². The number of thiophene rings is 1. The Morgan fingerprint density at radius 2 is 1.79 bits per heavy atom. The lowest BCUT2D eigenvalue weighted by atomic mass is 9.99. The highest BCUT2D eigenvalue weighted by molar-refractivity contribution is 8.14. The van der Waals surface area contributed by atoms with Crippen LogP contribution >= 0.6 is 34.7 Å². The molecule has 0 fully saturated rings. The molecule has 0 bridgehead atoms. The standard InChI is InChI=1S/C34H41ClN8O2S2/c1-17-20(4)46-33-29(17)30(23-10-12-24(35)13-11-23)41-27(31(37)43(33)22(6)36)16-28(44)39-15-14-38-26-9-7-8-25(18(26)2)32(45)42-34-40-19(3)21(5)47-34/h7-13,19,21-22,27,37-38H,14-16,36H2,1-6H3,(H,39,44)(H,40,42,45)/t19?,21?,22?,27-/m0/s1. The number of hydrogen-bond acceptors (Lipinski definition) is 9. The third-order valence-electron chi connectivity index (χ3n) is 8.45. The van der Waals surface area contributed by atoms with E-state index in [9.17, 15) is 9.59 Å². The molecule has 0 saturated carbocycles. The van der Waals surface area contributed by atoms with Gasteiger partial charge in [-0.15, -0.1) is 11.3 Å². The number of halogens is 1. The lowest BCUT2D eigenvalue weighted by Gasteiger charge is -2.29. The van der Waals surface area contributed by atoms with Crippen molar-refractivity contribution in [1.29, 1.82) is 5.41 Å². The fourth-order valence-corrected chi connectivity index (χ4v) is 7.90. The molecule has 6 N–H and O–H groups in total. The predicted molar refractivity (Wildman–Crippen MR) is 197 cm³/mol. The lowest BCUT2D eigenvalue weighted by Crippen LogP contribution is -2.48. The molecule has 13 heteroatoms. The van der Waals surface area contributed by atoms with E-state index in [1.54, 1.807) is 34.1 Å². The summed E-state index contributed by atoms with van der Waals surface area (Å²) in [7, 11) is 0. The van der Waals surface area contributed by atoms with Gasteiger partial charge in [-0.2, -0.15) is 0 Å². The van der Waals surface area contributed by atoms with Crippen LogP contribution in [0.4, 0.5) is 10.7 Å². The van der Waals surface area contributed by atoms with Gasteiger partial charge < -0.3 is 26.6 Å². The Kier molecular flexibility index (Phi) is 10.7. The molecule has 2 amide bonds. The number of aliphatic imine (C=N–C) groups is 2. The van der Waals surface area contributed by atoms with Gasteiger partial charge >= 0.3 is 0 Å². The Bertz CT molecular complexity index is 1750. The van der Waals surface area contributed by atoms with Crippen LogP contribution in [-0.2, 0) is 4.79 Å². The number of carbonyl (C=O) groups excluding carboxylic acids is 2. The number of carbonyl (C=O) groups is 2. The van der Waals surface area contributed by atoms with Gasteiger partial charge in [-0.05, 0) is 70.0 Å². The van der Waals surface area contributed by atoms with Gasteiger partial charge in [0.2, 0.25) is 5.91 Å². The van der Waals surface area contributed by atoms with Crippen molar-refractivity contribution in [3.8, 4) is 0 Å². The average Bonchev–Trinajstić information content (AvgIpc) is 3.45. The fourth-order valence-electron chi connectivity index (χ4n) is 5.52. The van der Waals surface area contributed by atoms with E-state index in [0.717, 1.165) is 37.8 Å². The van der Waals surface area contributed by atoms with Crippen molar-refractivity contribution in [1.82, 2.24) is 10.6 Å². The molecule has 10 nitrogen and oxygen atoms in total. The van der Waals surface area contributed by atoms with E-state index >= 15 is 0 Å². The second-order valence-corrected chi connectivity index (χ2v) is 14.9. The maximum atomic E-state index is 13.3. The minimum Gasteiger partial charge on any atom is -0.383 e. The number of fused-ring (bicyclic) bond motifs is 1. The Hall–Kier alpha value is -3.71. The highest BCUT2D eigenvalue weighted by Crippen LogP contribution is 2.40. The summed E-state index contributed by atoms with van der Waals surface area (Å²) in [6.07, 6.45) is -0.508. The van der Waals surface area contributed by atoms with Gasteiger partial charge in [-0.1, -0.05) is 48.5 Å². The number of nitrogens with two attached hydrogens (primary N) is 1. The van der Waals surface area contributed by atoms with Crippen LogP contribution < -0.4 is 26.6 Å². The Morgan fingerprint density at radius 1 is 1.06 bits per heavy atom. The quantitative estimate of drug-likeness (QED) is 0.178. The molecule has 2 aromatic carbocycles. The molecule has 2 aliphatic rings. The average molecular weight is 693 g/mol. The van der Waals surface area contributed by atoms with E-state index in [4.69, 9.17) is 27.7 Å². The summed E-state index contributed by atoms with van der Waals surface area (Å²) in [4.78, 5) is 38.7. The van der Waals surface area contributed by atoms with E-state index in [2.05, 4.69) is 27.9 Å². The molecule has 5 rings (SSSR count). The molecular weight excluding hydrogens is 652 g/mol. The summed E-state index contributed by atoms with van der Waals surface area (Å²) in [6.45, 7) is 12.7. The molecule has 0 radical (unpaired) electrons. The Morgan fingerprint density at radius 3 is 2.45 bits per heavy atom. The number of hydrogen-bond donors (Lipinski definition) is 5. The van der Waals surface area contributed by atoms with Crippen LogP contribution in [0, 0.1) is 26.2 Å². The van der Waals surface area contributed by atoms with Crippen molar-refractivity contribution < 1.29 is 9.59 Å². The van der Waals surface area contributed by atoms with Crippen molar-refractivity contribution in [2.75, 3.05) is 23.3 Å². The monoisotopic (exact) mass is 692 g/mol. The third-order valence-corrected chi connectivity index (χ3v) is 11.1. The maximum absolute atomic E-state index is 13.3. The van der Waals surface area contributed by atoms with Gasteiger partial charge in [0.1, 0.15) is 16.9 Å². The van der Waals surface area contributed by atoms with E-state index in [1.807, 2.05) is 71.0 Å². The minimum absolute atomic E-state index is 0.0140. The summed E-state index contributed by atoms with van der Waals surface area (Å²) in [6, 6.07) is 12.4. The second kappa shape index (κ2) is 14.6. The normalized spacial score (nSPS) is 19.8. The number of benzene rings is 2. The van der Waals surface area contributed by atoms with Crippen molar-refractivity contribution in [2.24, 2.45) is 15.7 Å². The number of nitrogens with zero attached hydrogens (tertiary/aromatic N) is 3. The first-order chi connectivity index (χ1) is 22.3. The molecule has 2 aliphatic heterocycles. The van der Waals surface area contributed by atoms with Gasteiger partial charge in [-0.25, -0.2) is 0 Å². The van der Waals surface area contributed by atoms with Crippen molar-refractivity contribution in [3.05, 3.63) is 80.2 Å². The molecule has 3 aromatic rings. The number of aryl methyl sites for hydroxylation is 1. The number of amidine groups is 2. The number of thioether (sulfide) groups is 1. The molecule has 248 valence electrons. The summed E-state index contributed by atoms with van der Waals surface area (Å²) < 4.78 is 0. The summed E-state index contributed by atoms with van der Waals surface area (Å²) in [5.41, 5.74) is 12.2. The van der Waals surface area contributed by atoms with E-state index in [-0.39, 0.29) is 30.1 Å². The first kappa shape index (κ1) is 34.6. The lowest BCUT2D eigenvalue weighted by molar-refractivity contribution is -0.121. The molecule has 3 unspecified atom stereocenters. The van der Waals surface area contributed by atoms with E-state index in [0.29, 0.717) is 39.8 Å². The van der Waals surface area contributed by atoms with Crippen molar-refractivity contribution in [3.63, 3.8) is 0 Å². The minimum atomic E-state index is -0.745. The Labute approximate surface area is 289 Å². The number of amides is 2. The van der Waals surface area contributed by atoms with Crippen molar-refractivity contribution >= 4 is 73.9 Å².